The largest absolute Gasteiger partial charge is 0.450 e. The second kappa shape index (κ2) is 11.2. The molecule has 0 aromatic carbocycles. The Morgan fingerprint density at radius 1 is 1.15 bits per heavy atom. The van der Waals surface area contributed by atoms with Crippen molar-refractivity contribution >= 4 is 6.09 Å². The van der Waals surface area contributed by atoms with Crippen LogP contribution in [0, 0.1) is 0 Å². The van der Waals surface area contributed by atoms with E-state index in [4.69, 9.17) is 0 Å². The standard InChI is InChI=1S/C6H15N.C3H7NO2/c1-4-7(5-2)6-3;1-2-6-3(4)5/h4-6H2,1-3H3;2H2,1H3,(H2,4,5). The number of nitrogens with zero attached hydrogens (tertiary/aromatic N) is 1. The Balaban J connectivity index is 0. The predicted octanol–water partition coefficient (Wildman–Crippen LogP) is 1.45. The van der Waals surface area contributed by atoms with Gasteiger partial charge in [-0.25, -0.2) is 4.79 Å². The average Bonchev–Trinajstić information content (AvgIpc) is 2.08. The van der Waals surface area contributed by atoms with Crippen molar-refractivity contribution in [3.05, 3.63) is 0 Å². The molecule has 0 saturated carbocycles. The van der Waals surface area contributed by atoms with Crippen LogP contribution < -0.4 is 5.73 Å². The third-order valence-electron chi connectivity index (χ3n) is 1.63. The zero-order valence-corrected chi connectivity index (χ0v) is 9.17. The van der Waals surface area contributed by atoms with E-state index >= 15 is 0 Å². The molecule has 4 heteroatoms. The van der Waals surface area contributed by atoms with Gasteiger partial charge in [0.2, 0.25) is 0 Å². The number of amides is 1. The lowest BCUT2D eigenvalue weighted by Gasteiger charge is -2.13. The number of hydrogen-bond donors (Lipinski definition) is 1. The Hall–Kier alpha value is -0.770. The van der Waals surface area contributed by atoms with Crippen LogP contribution in [0.25, 0.3) is 0 Å². The van der Waals surface area contributed by atoms with Crippen molar-refractivity contribution in [3.8, 4) is 0 Å². The molecule has 1 amide bonds. The molecular weight excluding hydrogens is 168 g/mol. The Labute approximate surface area is 81.0 Å². The van der Waals surface area contributed by atoms with Crippen molar-refractivity contribution in [2.45, 2.75) is 27.7 Å². The van der Waals surface area contributed by atoms with E-state index in [1.54, 1.807) is 6.92 Å². The van der Waals surface area contributed by atoms with Crippen LogP contribution in [0.3, 0.4) is 0 Å². The fraction of sp³-hybridized carbons (Fsp3) is 0.889. The number of nitrogens with two attached hydrogens (primary N) is 1. The maximum Gasteiger partial charge on any atom is 0.404 e. The highest BCUT2D eigenvalue weighted by atomic mass is 16.5. The van der Waals surface area contributed by atoms with Gasteiger partial charge < -0.3 is 15.4 Å². The summed E-state index contributed by atoms with van der Waals surface area (Å²) in [4.78, 5) is 12.0. The summed E-state index contributed by atoms with van der Waals surface area (Å²) in [6.07, 6.45) is -0.711. The molecule has 0 aliphatic heterocycles. The summed E-state index contributed by atoms with van der Waals surface area (Å²) < 4.78 is 4.18. The molecule has 0 heterocycles. The Kier molecular flexibility index (Phi) is 12.7. The number of primary amides is 1. The van der Waals surface area contributed by atoms with E-state index in [2.05, 4.69) is 36.1 Å². The zero-order valence-electron chi connectivity index (χ0n) is 9.17. The average molecular weight is 190 g/mol. The van der Waals surface area contributed by atoms with Gasteiger partial charge in [-0.15, -0.1) is 0 Å². The van der Waals surface area contributed by atoms with Crippen LogP contribution in [0.15, 0.2) is 0 Å². The first-order valence-corrected chi connectivity index (χ1v) is 4.76. The van der Waals surface area contributed by atoms with Gasteiger partial charge in [0.25, 0.3) is 0 Å². The second-order valence-electron chi connectivity index (χ2n) is 2.37. The Morgan fingerprint density at radius 2 is 1.54 bits per heavy atom. The molecule has 0 aliphatic carbocycles. The van der Waals surface area contributed by atoms with Crippen molar-refractivity contribution in [2.75, 3.05) is 26.2 Å². The van der Waals surface area contributed by atoms with Crippen molar-refractivity contribution in [3.63, 3.8) is 0 Å². The number of carbonyl (C=O) groups excluding carboxylic acids is 1. The van der Waals surface area contributed by atoms with E-state index in [0.29, 0.717) is 6.61 Å². The number of ether oxygens (including phenoxy) is 1. The van der Waals surface area contributed by atoms with Crippen LogP contribution in [-0.2, 0) is 4.74 Å². The summed E-state index contributed by atoms with van der Waals surface area (Å²) >= 11 is 0. The fourth-order valence-corrected chi connectivity index (χ4v) is 0.813. The smallest absolute Gasteiger partial charge is 0.404 e. The monoisotopic (exact) mass is 190 g/mol. The van der Waals surface area contributed by atoms with E-state index < -0.39 is 6.09 Å². The molecule has 0 saturated heterocycles. The molecule has 0 bridgehead atoms. The Bertz CT molecular complexity index is 109. The van der Waals surface area contributed by atoms with Crippen LogP contribution in [0.5, 0.6) is 0 Å². The SMILES string of the molecule is CCN(CC)CC.CCOC(N)=O. The zero-order chi connectivity index (χ0) is 10.7. The summed E-state index contributed by atoms with van der Waals surface area (Å²) in [5.74, 6) is 0. The lowest BCUT2D eigenvalue weighted by Crippen LogP contribution is -2.21. The minimum absolute atomic E-state index is 0.356. The molecule has 0 rings (SSSR count). The maximum atomic E-state index is 9.60. The molecule has 4 nitrogen and oxygen atoms in total. The lowest BCUT2D eigenvalue weighted by atomic mass is 10.5. The summed E-state index contributed by atoms with van der Waals surface area (Å²) in [7, 11) is 0. The molecule has 0 spiro atoms. The van der Waals surface area contributed by atoms with Gasteiger partial charge in [0.05, 0.1) is 6.61 Å². The van der Waals surface area contributed by atoms with Gasteiger partial charge in [-0.3, -0.25) is 0 Å². The van der Waals surface area contributed by atoms with Gasteiger partial charge in [0.1, 0.15) is 0 Å². The molecule has 0 fully saturated rings. The maximum absolute atomic E-state index is 9.60. The third-order valence-corrected chi connectivity index (χ3v) is 1.63. The van der Waals surface area contributed by atoms with E-state index in [1.165, 1.54) is 19.6 Å². The van der Waals surface area contributed by atoms with Crippen molar-refractivity contribution in [2.24, 2.45) is 5.73 Å². The first kappa shape index (κ1) is 14.7. The highest BCUT2D eigenvalue weighted by Crippen LogP contribution is 1.81. The van der Waals surface area contributed by atoms with Crippen LogP contribution in [0.1, 0.15) is 27.7 Å². The second-order valence-corrected chi connectivity index (χ2v) is 2.37. The van der Waals surface area contributed by atoms with Gasteiger partial charge in [-0.2, -0.15) is 0 Å². The van der Waals surface area contributed by atoms with Gasteiger partial charge in [0, 0.05) is 0 Å². The summed E-state index contributed by atoms with van der Waals surface area (Å²) in [5, 5.41) is 0. The van der Waals surface area contributed by atoms with E-state index in [9.17, 15) is 4.79 Å². The molecule has 0 aliphatic rings. The molecule has 0 atom stereocenters. The quantitative estimate of drug-likeness (QED) is 0.730. The van der Waals surface area contributed by atoms with E-state index in [0.717, 1.165) is 0 Å². The first-order valence-electron chi connectivity index (χ1n) is 4.76. The minimum atomic E-state index is -0.711. The van der Waals surface area contributed by atoms with E-state index in [-0.39, 0.29) is 0 Å². The van der Waals surface area contributed by atoms with Gasteiger partial charge in [-0.05, 0) is 26.6 Å². The van der Waals surface area contributed by atoms with Crippen molar-refractivity contribution in [1.82, 2.24) is 4.90 Å². The van der Waals surface area contributed by atoms with E-state index in [1.807, 2.05) is 0 Å². The molecule has 0 radical (unpaired) electrons. The normalized spacial score (nSPS) is 9.00. The van der Waals surface area contributed by atoms with Crippen molar-refractivity contribution in [1.29, 1.82) is 0 Å². The first-order chi connectivity index (χ1) is 6.12. The molecule has 0 aromatic rings. The van der Waals surface area contributed by atoms with Crippen molar-refractivity contribution < 1.29 is 9.53 Å². The number of rotatable bonds is 4. The third kappa shape index (κ3) is 14.1. The van der Waals surface area contributed by atoms with Crippen LogP contribution in [0.4, 0.5) is 4.79 Å². The molecule has 0 unspecified atom stereocenters. The molecule has 2 N–H and O–H groups in total. The Morgan fingerprint density at radius 3 is 1.54 bits per heavy atom. The predicted molar refractivity (Wildman–Crippen MR) is 54.7 cm³/mol. The van der Waals surface area contributed by atoms with Crippen LogP contribution >= 0.6 is 0 Å². The number of hydrogen-bond acceptors (Lipinski definition) is 3. The minimum Gasteiger partial charge on any atom is -0.450 e. The van der Waals surface area contributed by atoms with Gasteiger partial charge in [0.15, 0.2) is 0 Å². The highest BCUT2D eigenvalue weighted by molar-refractivity contribution is 5.64. The van der Waals surface area contributed by atoms with Crippen LogP contribution in [-0.4, -0.2) is 37.2 Å². The number of carbonyl (C=O) groups is 1. The fourth-order valence-electron chi connectivity index (χ4n) is 0.813. The van der Waals surface area contributed by atoms with Crippen LogP contribution in [0.2, 0.25) is 0 Å². The summed E-state index contributed by atoms with van der Waals surface area (Å²) in [6.45, 7) is 12.2. The molecule has 13 heavy (non-hydrogen) atoms. The van der Waals surface area contributed by atoms with Gasteiger partial charge in [-0.1, -0.05) is 20.8 Å². The molecule has 80 valence electrons. The molecular formula is C9H22N2O2. The highest BCUT2D eigenvalue weighted by Gasteiger charge is 1.89. The summed E-state index contributed by atoms with van der Waals surface area (Å²) in [6, 6.07) is 0. The topological polar surface area (TPSA) is 55.6 Å². The lowest BCUT2D eigenvalue weighted by molar-refractivity contribution is 0.163. The summed E-state index contributed by atoms with van der Waals surface area (Å²) in [5.41, 5.74) is 4.54. The molecule has 0 aromatic heterocycles. The van der Waals surface area contributed by atoms with Gasteiger partial charge >= 0.3 is 6.09 Å².